The van der Waals surface area contributed by atoms with Gasteiger partial charge in [0.05, 0.1) is 11.5 Å². The highest BCUT2D eigenvalue weighted by Gasteiger charge is 2.78. The van der Waals surface area contributed by atoms with Crippen LogP contribution in [-0.2, 0) is 19.0 Å². The molecule has 0 amide bonds. The minimum atomic E-state index is -0.581. The average Bonchev–Trinajstić information content (AvgIpc) is 2.89. The first-order valence-electron chi connectivity index (χ1n) is 7.01. The van der Waals surface area contributed by atoms with Gasteiger partial charge < -0.3 is 14.2 Å². The number of fused-ring (bicyclic) bond motifs is 3. The Labute approximate surface area is 121 Å². The second-order valence-electron chi connectivity index (χ2n) is 6.94. The minimum Gasteiger partial charge on any atom is -0.364 e. The fourth-order valence-corrected chi connectivity index (χ4v) is 5.72. The summed E-state index contributed by atoms with van der Waals surface area (Å²) in [6.07, 6.45) is 2.02. The number of carbonyl (C=O) groups excluding carboxylic acids is 1. The summed E-state index contributed by atoms with van der Waals surface area (Å²) in [4.78, 5) is 12.6. The Balaban J connectivity index is 1.83. The summed E-state index contributed by atoms with van der Waals surface area (Å²) in [5, 5.41) is 0. The molecule has 19 heavy (non-hydrogen) atoms. The summed E-state index contributed by atoms with van der Waals surface area (Å²) in [7, 11) is 0. The van der Waals surface area contributed by atoms with Crippen LogP contribution in [0.1, 0.15) is 40.0 Å². The number of ether oxygens (including phenoxy) is 3. The molecule has 1 saturated carbocycles. The van der Waals surface area contributed by atoms with Crippen molar-refractivity contribution in [2.24, 2.45) is 5.41 Å². The molecule has 6 atom stereocenters. The van der Waals surface area contributed by atoms with Gasteiger partial charge in [0.1, 0.15) is 23.6 Å². The Morgan fingerprint density at radius 1 is 1.21 bits per heavy atom. The molecule has 0 radical (unpaired) electrons. The summed E-state index contributed by atoms with van der Waals surface area (Å²) in [5.41, 5.74) is -0.986. The van der Waals surface area contributed by atoms with Gasteiger partial charge in [-0.1, -0.05) is 15.9 Å². The molecule has 106 valence electrons. The van der Waals surface area contributed by atoms with Crippen molar-refractivity contribution in [1.82, 2.24) is 0 Å². The number of halogens is 1. The Morgan fingerprint density at radius 2 is 1.95 bits per heavy atom. The first-order valence-corrected chi connectivity index (χ1v) is 7.93. The van der Waals surface area contributed by atoms with Crippen LogP contribution in [0.4, 0.5) is 0 Å². The van der Waals surface area contributed by atoms with Gasteiger partial charge in [-0.15, -0.1) is 0 Å². The van der Waals surface area contributed by atoms with E-state index in [0.717, 1.165) is 12.8 Å². The highest BCUT2D eigenvalue weighted by Crippen LogP contribution is 2.65. The molecule has 4 aliphatic rings. The van der Waals surface area contributed by atoms with E-state index in [1.54, 1.807) is 0 Å². The molecule has 3 heterocycles. The maximum atomic E-state index is 12.5. The molecule has 0 aromatic carbocycles. The van der Waals surface area contributed by atoms with E-state index in [4.69, 9.17) is 14.2 Å². The predicted octanol–water partition coefficient (Wildman–Crippen LogP) is 2.18. The van der Waals surface area contributed by atoms with E-state index in [9.17, 15) is 4.79 Å². The van der Waals surface area contributed by atoms with E-state index >= 15 is 0 Å². The largest absolute Gasteiger partial charge is 0.364 e. The van der Waals surface area contributed by atoms with Gasteiger partial charge in [0.25, 0.3) is 0 Å². The Hall–Kier alpha value is 0.0300. The third kappa shape index (κ3) is 1.29. The van der Waals surface area contributed by atoms with Gasteiger partial charge in [0.15, 0.2) is 5.79 Å². The molecule has 4 fully saturated rings. The highest BCUT2D eigenvalue weighted by atomic mass is 79.9. The number of rotatable bonds is 0. The minimum absolute atomic E-state index is 0.0149. The zero-order valence-electron chi connectivity index (χ0n) is 11.4. The predicted molar refractivity (Wildman–Crippen MR) is 71.1 cm³/mol. The first kappa shape index (κ1) is 12.7. The van der Waals surface area contributed by atoms with Crippen molar-refractivity contribution < 1.29 is 19.0 Å². The van der Waals surface area contributed by atoms with Gasteiger partial charge in [0, 0.05) is 11.2 Å². The quantitative estimate of drug-likeness (QED) is 0.638. The lowest BCUT2D eigenvalue weighted by atomic mass is 9.57. The fraction of sp³-hybridized carbons (Fsp3) is 0.929. The molecule has 0 aromatic heterocycles. The Bertz CT molecular complexity index is 464. The van der Waals surface area contributed by atoms with E-state index in [1.807, 2.05) is 20.8 Å². The van der Waals surface area contributed by atoms with Crippen molar-refractivity contribution in [1.29, 1.82) is 0 Å². The summed E-state index contributed by atoms with van der Waals surface area (Å²) in [6, 6.07) is 0. The van der Waals surface area contributed by atoms with Crippen LogP contribution in [0.25, 0.3) is 0 Å². The van der Waals surface area contributed by atoms with Gasteiger partial charge in [-0.2, -0.15) is 0 Å². The molecule has 2 bridgehead atoms. The van der Waals surface area contributed by atoms with Crippen molar-refractivity contribution in [3.8, 4) is 0 Å². The van der Waals surface area contributed by atoms with E-state index in [1.165, 1.54) is 0 Å². The molecule has 0 unspecified atom stereocenters. The molecule has 1 spiro atoms. The molecule has 4 rings (SSSR count). The van der Waals surface area contributed by atoms with Crippen LogP contribution in [0.3, 0.4) is 0 Å². The van der Waals surface area contributed by atoms with Crippen LogP contribution in [0.15, 0.2) is 0 Å². The number of hydrogen-bond acceptors (Lipinski definition) is 4. The lowest BCUT2D eigenvalue weighted by molar-refractivity contribution is -0.207. The van der Waals surface area contributed by atoms with Crippen molar-refractivity contribution in [3.05, 3.63) is 0 Å². The lowest BCUT2D eigenvalue weighted by Crippen LogP contribution is -2.65. The SMILES string of the molecule is CC1(C)O[C@H]2[C@@H](O1)[C@@]13O[C@@H]2C[C@]1(C)C(=O)CC[C@H]3Br. The number of hydrogen-bond donors (Lipinski definition) is 0. The van der Waals surface area contributed by atoms with Crippen LogP contribution in [0.5, 0.6) is 0 Å². The standard InChI is InChI=1S/C14H19BrO4/c1-12(2)18-10-7-6-13(3)9(16)5-4-8(15)14(13,17-7)11(10)19-12/h7-8,10-11H,4-6H2,1-3H3/t7-,8-,10-,11-,13-,14-/m1/s1. The molecular formula is C14H19BrO4. The van der Waals surface area contributed by atoms with Gasteiger partial charge in [0.2, 0.25) is 0 Å². The molecule has 4 nitrogen and oxygen atoms in total. The van der Waals surface area contributed by atoms with Crippen molar-refractivity contribution in [2.45, 2.75) is 74.6 Å². The third-order valence-electron chi connectivity index (χ3n) is 5.44. The lowest BCUT2D eigenvalue weighted by Gasteiger charge is -2.50. The van der Waals surface area contributed by atoms with Gasteiger partial charge >= 0.3 is 0 Å². The molecule has 0 N–H and O–H groups in total. The molecule has 3 aliphatic heterocycles. The summed E-state index contributed by atoms with van der Waals surface area (Å²) >= 11 is 3.76. The van der Waals surface area contributed by atoms with Crippen LogP contribution in [0, 0.1) is 5.41 Å². The zero-order chi connectivity index (χ0) is 13.6. The number of carbonyl (C=O) groups is 1. The normalized spacial score (nSPS) is 58.2. The Kier molecular flexibility index (Phi) is 2.30. The maximum Gasteiger partial charge on any atom is 0.164 e. The second kappa shape index (κ2) is 3.43. The summed E-state index contributed by atoms with van der Waals surface area (Å²) < 4.78 is 18.4. The topological polar surface area (TPSA) is 44.8 Å². The average molecular weight is 331 g/mol. The van der Waals surface area contributed by atoms with Gasteiger partial charge in [-0.05, 0) is 33.6 Å². The molecule has 3 saturated heterocycles. The van der Waals surface area contributed by atoms with Crippen LogP contribution in [-0.4, -0.2) is 40.3 Å². The Morgan fingerprint density at radius 3 is 2.68 bits per heavy atom. The van der Waals surface area contributed by atoms with E-state index in [0.29, 0.717) is 12.2 Å². The highest BCUT2D eigenvalue weighted by molar-refractivity contribution is 9.09. The van der Waals surface area contributed by atoms with Crippen molar-refractivity contribution in [3.63, 3.8) is 0 Å². The zero-order valence-corrected chi connectivity index (χ0v) is 13.0. The van der Waals surface area contributed by atoms with Crippen molar-refractivity contribution in [2.75, 3.05) is 0 Å². The molecule has 5 heteroatoms. The summed E-state index contributed by atoms with van der Waals surface area (Å²) in [5.74, 6) is -0.263. The summed E-state index contributed by atoms with van der Waals surface area (Å²) in [6.45, 7) is 5.92. The number of ketones is 1. The van der Waals surface area contributed by atoms with Crippen LogP contribution >= 0.6 is 15.9 Å². The van der Waals surface area contributed by atoms with E-state index < -0.39 is 16.8 Å². The molecule has 1 aliphatic carbocycles. The molecule has 0 aromatic rings. The monoisotopic (exact) mass is 330 g/mol. The first-order chi connectivity index (χ1) is 8.80. The fourth-order valence-electron chi connectivity index (χ4n) is 4.62. The number of Topliss-reactive ketones (excluding diaryl/α,β-unsaturated/α-hetero) is 1. The maximum absolute atomic E-state index is 12.5. The van der Waals surface area contributed by atoms with Crippen LogP contribution < -0.4 is 0 Å². The number of alkyl halides is 1. The van der Waals surface area contributed by atoms with Gasteiger partial charge in [-0.3, -0.25) is 4.79 Å². The third-order valence-corrected chi connectivity index (χ3v) is 6.58. The van der Waals surface area contributed by atoms with Gasteiger partial charge in [-0.25, -0.2) is 0 Å². The van der Waals surface area contributed by atoms with E-state index in [2.05, 4.69) is 15.9 Å². The van der Waals surface area contributed by atoms with E-state index in [-0.39, 0.29) is 23.1 Å². The molecular weight excluding hydrogens is 312 g/mol. The van der Waals surface area contributed by atoms with Crippen LogP contribution in [0.2, 0.25) is 0 Å². The smallest absolute Gasteiger partial charge is 0.164 e. The second-order valence-corrected chi connectivity index (χ2v) is 8.04. The van der Waals surface area contributed by atoms with Crippen molar-refractivity contribution >= 4 is 21.7 Å².